The van der Waals surface area contributed by atoms with Crippen LogP contribution in [0.15, 0.2) is 12.1 Å². The lowest BCUT2D eigenvalue weighted by atomic mass is 10.1. The standard InChI is InChI=1S/C9H6FNO2/c1-13-9-6(5-12)2-3-8(10)7(9)4-11/h2-3,5H,1H3. The third kappa shape index (κ3) is 1.49. The van der Waals surface area contributed by atoms with Gasteiger partial charge < -0.3 is 4.74 Å². The maximum Gasteiger partial charge on any atom is 0.153 e. The van der Waals surface area contributed by atoms with Crippen LogP contribution < -0.4 is 4.74 Å². The van der Waals surface area contributed by atoms with Crippen molar-refractivity contribution in [3.8, 4) is 11.8 Å². The lowest BCUT2D eigenvalue weighted by Crippen LogP contribution is -1.96. The van der Waals surface area contributed by atoms with E-state index < -0.39 is 5.82 Å². The summed E-state index contributed by atoms with van der Waals surface area (Å²) in [6, 6.07) is 3.96. The zero-order valence-electron chi connectivity index (χ0n) is 6.87. The number of nitrogens with zero attached hydrogens (tertiary/aromatic N) is 1. The number of hydrogen-bond donors (Lipinski definition) is 0. The first-order chi connectivity index (χ1) is 6.24. The summed E-state index contributed by atoms with van der Waals surface area (Å²) in [5.74, 6) is -0.706. The molecule has 0 spiro atoms. The van der Waals surface area contributed by atoms with Gasteiger partial charge in [-0.15, -0.1) is 0 Å². The number of hydrogen-bond acceptors (Lipinski definition) is 3. The lowest BCUT2D eigenvalue weighted by molar-refractivity contribution is 0.112. The molecule has 3 nitrogen and oxygen atoms in total. The molecular formula is C9H6FNO2. The highest BCUT2D eigenvalue weighted by atomic mass is 19.1. The molecule has 13 heavy (non-hydrogen) atoms. The minimum atomic E-state index is -0.690. The molecule has 0 radical (unpaired) electrons. The molecule has 0 fully saturated rings. The number of nitriles is 1. The van der Waals surface area contributed by atoms with Crippen LogP contribution in [0.25, 0.3) is 0 Å². The highest BCUT2D eigenvalue weighted by Gasteiger charge is 2.12. The van der Waals surface area contributed by atoms with Gasteiger partial charge in [-0.2, -0.15) is 5.26 Å². The van der Waals surface area contributed by atoms with Crippen LogP contribution in [0.2, 0.25) is 0 Å². The Morgan fingerprint density at radius 3 is 2.77 bits per heavy atom. The number of rotatable bonds is 2. The van der Waals surface area contributed by atoms with Crippen molar-refractivity contribution in [1.82, 2.24) is 0 Å². The summed E-state index contributed by atoms with van der Waals surface area (Å²) in [6.45, 7) is 0. The van der Waals surface area contributed by atoms with Crippen LogP contribution in [-0.2, 0) is 0 Å². The summed E-state index contributed by atoms with van der Waals surface area (Å²) in [6.07, 6.45) is 0.513. The van der Waals surface area contributed by atoms with E-state index in [4.69, 9.17) is 10.00 Å². The molecule has 1 aromatic rings. The smallest absolute Gasteiger partial charge is 0.153 e. The molecule has 4 heteroatoms. The van der Waals surface area contributed by atoms with E-state index in [-0.39, 0.29) is 16.9 Å². The van der Waals surface area contributed by atoms with Crippen LogP contribution in [-0.4, -0.2) is 13.4 Å². The Kier molecular flexibility index (Phi) is 2.60. The second-order valence-electron chi connectivity index (χ2n) is 2.27. The van der Waals surface area contributed by atoms with Crippen LogP contribution in [0.1, 0.15) is 15.9 Å². The van der Waals surface area contributed by atoms with Crippen molar-refractivity contribution in [2.45, 2.75) is 0 Å². The maximum absolute atomic E-state index is 12.9. The quantitative estimate of drug-likeness (QED) is 0.646. The highest BCUT2D eigenvalue weighted by Crippen LogP contribution is 2.24. The van der Waals surface area contributed by atoms with E-state index in [0.717, 1.165) is 6.07 Å². The molecular weight excluding hydrogens is 173 g/mol. The number of aldehydes is 1. The monoisotopic (exact) mass is 179 g/mol. The fourth-order valence-corrected chi connectivity index (χ4v) is 0.992. The molecule has 0 saturated carbocycles. The van der Waals surface area contributed by atoms with E-state index in [2.05, 4.69) is 0 Å². The molecule has 0 heterocycles. The van der Waals surface area contributed by atoms with E-state index in [0.29, 0.717) is 6.29 Å². The average molecular weight is 179 g/mol. The van der Waals surface area contributed by atoms with Crippen LogP contribution in [0.5, 0.6) is 5.75 Å². The molecule has 66 valence electrons. The van der Waals surface area contributed by atoms with Crippen molar-refractivity contribution in [1.29, 1.82) is 5.26 Å². The van der Waals surface area contributed by atoms with Crippen LogP contribution in [0, 0.1) is 17.1 Å². The van der Waals surface area contributed by atoms with Crippen molar-refractivity contribution in [2.75, 3.05) is 7.11 Å². The molecule has 0 amide bonds. The van der Waals surface area contributed by atoms with Gasteiger partial charge in [0.2, 0.25) is 0 Å². The summed E-state index contributed by atoms with van der Waals surface area (Å²) < 4.78 is 17.7. The molecule has 0 saturated heterocycles. The van der Waals surface area contributed by atoms with Crippen molar-refractivity contribution >= 4 is 6.29 Å². The molecule has 0 aliphatic carbocycles. The van der Waals surface area contributed by atoms with Gasteiger partial charge in [-0.05, 0) is 12.1 Å². The van der Waals surface area contributed by atoms with Gasteiger partial charge in [0, 0.05) is 0 Å². The van der Waals surface area contributed by atoms with E-state index >= 15 is 0 Å². The first-order valence-electron chi connectivity index (χ1n) is 3.46. The van der Waals surface area contributed by atoms with Crippen molar-refractivity contribution < 1.29 is 13.9 Å². The van der Waals surface area contributed by atoms with E-state index in [1.54, 1.807) is 6.07 Å². The van der Waals surface area contributed by atoms with Crippen molar-refractivity contribution in [3.05, 3.63) is 29.1 Å². The Bertz CT molecular complexity index is 382. The summed E-state index contributed by atoms with van der Waals surface area (Å²) in [7, 11) is 1.28. The number of ether oxygens (including phenoxy) is 1. The third-order valence-electron chi connectivity index (χ3n) is 1.58. The van der Waals surface area contributed by atoms with Crippen LogP contribution in [0.3, 0.4) is 0 Å². The number of carbonyl (C=O) groups excluding carboxylic acids is 1. The topological polar surface area (TPSA) is 50.1 Å². The predicted molar refractivity (Wildman–Crippen MR) is 43.1 cm³/mol. The van der Waals surface area contributed by atoms with E-state index in [1.807, 2.05) is 0 Å². The second-order valence-corrected chi connectivity index (χ2v) is 2.27. The third-order valence-corrected chi connectivity index (χ3v) is 1.58. The number of carbonyl (C=O) groups is 1. The highest BCUT2D eigenvalue weighted by molar-refractivity contribution is 5.81. The molecule has 0 aliphatic heterocycles. The zero-order chi connectivity index (χ0) is 9.84. The fraction of sp³-hybridized carbons (Fsp3) is 0.111. The van der Waals surface area contributed by atoms with Crippen LogP contribution in [0.4, 0.5) is 4.39 Å². The Balaban J connectivity index is 3.47. The van der Waals surface area contributed by atoms with Gasteiger partial charge in [-0.3, -0.25) is 4.79 Å². The van der Waals surface area contributed by atoms with Gasteiger partial charge in [-0.1, -0.05) is 0 Å². The number of methoxy groups -OCH3 is 1. The minimum absolute atomic E-state index is 0.0162. The second kappa shape index (κ2) is 3.68. The van der Waals surface area contributed by atoms with Crippen molar-refractivity contribution in [2.24, 2.45) is 0 Å². The lowest BCUT2D eigenvalue weighted by Gasteiger charge is -2.05. The van der Waals surface area contributed by atoms with Gasteiger partial charge >= 0.3 is 0 Å². The molecule has 0 unspecified atom stereocenters. The average Bonchev–Trinajstić information content (AvgIpc) is 2.17. The Labute approximate surface area is 74.4 Å². The summed E-state index contributed by atoms with van der Waals surface area (Å²) in [4.78, 5) is 10.5. The zero-order valence-corrected chi connectivity index (χ0v) is 6.87. The first kappa shape index (κ1) is 9.20. The summed E-state index contributed by atoms with van der Waals surface area (Å²) in [5.41, 5.74) is -0.0763. The number of benzene rings is 1. The molecule has 1 rings (SSSR count). The largest absolute Gasteiger partial charge is 0.495 e. The Morgan fingerprint density at radius 1 is 1.62 bits per heavy atom. The first-order valence-corrected chi connectivity index (χ1v) is 3.46. The summed E-state index contributed by atoms with van der Waals surface area (Å²) >= 11 is 0. The molecule has 0 atom stereocenters. The Morgan fingerprint density at radius 2 is 2.31 bits per heavy atom. The predicted octanol–water partition coefficient (Wildman–Crippen LogP) is 1.52. The normalized spacial score (nSPS) is 9.00. The molecule has 0 N–H and O–H groups in total. The Hall–Kier alpha value is -1.89. The number of halogens is 1. The van der Waals surface area contributed by atoms with Crippen molar-refractivity contribution in [3.63, 3.8) is 0 Å². The van der Waals surface area contributed by atoms with E-state index in [1.165, 1.54) is 13.2 Å². The van der Waals surface area contributed by atoms with Crippen LogP contribution >= 0.6 is 0 Å². The summed E-state index contributed by atoms with van der Waals surface area (Å²) in [5, 5.41) is 8.56. The molecule has 0 aliphatic rings. The maximum atomic E-state index is 12.9. The van der Waals surface area contributed by atoms with Gasteiger partial charge in [0.1, 0.15) is 23.2 Å². The SMILES string of the molecule is COc1c(C=O)ccc(F)c1C#N. The van der Waals surface area contributed by atoms with Gasteiger partial charge in [0.05, 0.1) is 12.7 Å². The molecule has 0 aromatic heterocycles. The van der Waals surface area contributed by atoms with Gasteiger partial charge in [0.25, 0.3) is 0 Å². The molecule has 0 bridgehead atoms. The fourth-order valence-electron chi connectivity index (χ4n) is 0.992. The van der Waals surface area contributed by atoms with Gasteiger partial charge in [-0.25, -0.2) is 4.39 Å². The van der Waals surface area contributed by atoms with E-state index in [9.17, 15) is 9.18 Å². The minimum Gasteiger partial charge on any atom is -0.495 e. The molecule has 1 aromatic carbocycles. The van der Waals surface area contributed by atoms with Gasteiger partial charge in [0.15, 0.2) is 6.29 Å².